The Bertz CT molecular complexity index is 535. The predicted molar refractivity (Wildman–Crippen MR) is 81.3 cm³/mol. The van der Waals surface area contributed by atoms with Crippen LogP contribution < -0.4 is 5.73 Å². The maximum absolute atomic E-state index is 13.5. The van der Waals surface area contributed by atoms with E-state index in [9.17, 15) is 4.39 Å². The third-order valence-corrected chi connectivity index (χ3v) is 4.43. The smallest absolute Gasteiger partial charge is 0.126 e. The number of aryl methyl sites for hydroxylation is 1. The molecule has 0 saturated carbocycles. The van der Waals surface area contributed by atoms with Crippen LogP contribution in [0.3, 0.4) is 0 Å². The molecule has 0 radical (unpaired) electrons. The van der Waals surface area contributed by atoms with Crippen LogP contribution in [0.5, 0.6) is 0 Å². The summed E-state index contributed by atoms with van der Waals surface area (Å²) in [5.74, 6) is -0.237. The highest BCUT2D eigenvalue weighted by Gasteiger charge is 2.12. The summed E-state index contributed by atoms with van der Waals surface area (Å²) in [6.07, 6.45) is 0. The Morgan fingerprint density at radius 1 is 1.17 bits per heavy atom. The van der Waals surface area contributed by atoms with E-state index in [0.29, 0.717) is 10.6 Å². The van der Waals surface area contributed by atoms with Gasteiger partial charge < -0.3 is 5.73 Å². The zero-order chi connectivity index (χ0) is 13.3. The van der Waals surface area contributed by atoms with Crippen molar-refractivity contribution in [2.45, 2.75) is 13.0 Å². The van der Waals surface area contributed by atoms with E-state index in [-0.39, 0.29) is 11.9 Å². The number of hydrogen-bond donors (Lipinski definition) is 1. The van der Waals surface area contributed by atoms with Gasteiger partial charge in [0.05, 0.1) is 11.1 Å². The van der Waals surface area contributed by atoms with Crippen molar-refractivity contribution < 1.29 is 4.39 Å². The van der Waals surface area contributed by atoms with Crippen LogP contribution in [0.2, 0.25) is 5.02 Å². The first kappa shape index (κ1) is 13.8. The third-order valence-electron chi connectivity index (χ3n) is 2.86. The van der Waals surface area contributed by atoms with Gasteiger partial charge in [0, 0.05) is 3.57 Å². The molecule has 0 heterocycles. The fourth-order valence-electron chi connectivity index (χ4n) is 1.70. The van der Waals surface area contributed by atoms with E-state index < -0.39 is 0 Å². The highest BCUT2D eigenvalue weighted by atomic mass is 127. The maximum atomic E-state index is 13.5. The van der Waals surface area contributed by atoms with E-state index in [1.54, 1.807) is 13.0 Å². The van der Waals surface area contributed by atoms with Crippen LogP contribution in [0, 0.1) is 16.3 Å². The van der Waals surface area contributed by atoms with Crippen LogP contribution in [0.4, 0.5) is 4.39 Å². The normalized spacial score (nSPS) is 12.5. The van der Waals surface area contributed by atoms with E-state index >= 15 is 0 Å². The summed E-state index contributed by atoms with van der Waals surface area (Å²) in [5, 5.41) is 0.663. The minimum Gasteiger partial charge on any atom is -0.320 e. The highest BCUT2D eigenvalue weighted by Crippen LogP contribution is 2.26. The summed E-state index contributed by atoms with van der Waals surface area (Å²) >= 11 is 8.22. The molecule has 0 aliphatic heterocycles. The Labute approximate surface area is 124 Å². The van der Waals surface area contributed by atoms with Gasteiger partial charge in [0.2, 0.25) is 0 Å². The van der Waals surface area contributed by atoms with Crippen LogP contribution in [0.15, 0.2) is 36.4 Å². The topological polar surface area (TPSA) is 26.0 Å². The number of halogens is 3. The maximum Gasteiger partial charge on any atom is 0.126 e. The number of benzene rings is 2. The largest absolute Gasteiger partial charge is 0.320 e. The average Bonchev–Trinajstić information content (AvgIpc) is 2.35. The van der Waals surface area contributed by atoms with Gasteiger partial charge in [-0.15, -0.1) is 0 Å². The molecular weight excluding hydrogens is 364 g/mol. The monoisotopic (exact) mass is 375 g/mol. The molecule has 1 atom stereocenters. The van der Waals surface area contributed by atoms with Gasteiger partial charge in [0.25, 0.3) is 0 Å². The van der Waals surface area contributed by atoms with Crippen molar-refractivity contribution in [3.8, 4) is 0 Å². The molecule has 4 heteroatoms. The van der Waals surface area contributed by atoms with Crippen LogP contribution in [-0.2, 0) is 0 Å². The summed E-state index contributed by atoms with van der Waals surface area (Å²) < 4.78 is 14.5. The van der Waals surface area contributed by atoms with Gasteiger partial charge in [-0.3, -0.25) is 0 Å². The Morgan fingerprint density at radius 3 is 2.39 bits per heavy atom. The standard InChI is InChI=1S/C14H12ClFIN/c1-8-2-3-10(7-12(8)16)14(18)9-4-5-13(17)11(15)6-9/h2-7,14H,18H2,1H3. The SMILES string of the molecule is Cc1ccc(C(N)c2ccc(I)c(Cl)c2)cc1F. The first-order valence-corrected chi connectivity index (χ1v) is 6.91. The lowest BCUT2D eigenvalue weighted by Crippen LogP contribution is -2.12. The zero-order valence-corrected chi connectivity index (χ0v) is 12.7. The Kier molecular flexibility index (Phi) is 4.25. The van der Waals surface area contributed by atoms with Crippen LogP contribution in [-0.4, -0.2) is 0 Å². The number of nitrogens with two attached hydrogens (primary N) is 1. The lowest BCUT2D eigenvalue weighted by atomic mass is 9.98. The second-order valence-electron chi connectivity index (χ2n) is 4.16. The van der Waals surface area contributed by atoms with Gasteiger partial charge in [-0.25, -0.2) is 4.39 Å². The summed E-state index contributed by atoms with van der Waals surface area (Å²) in [6.45, 7) is 1.73. The van der Waals surface area contributed by atoms with E-state index in [0.717, 1.165) is 14.7 Å². The Hall–Kier alpha value is -0.650. The average molecular weight is 376 g/mol. The summed E-state index contributed by atoms with van der Waals surface area (Å²) in [4.78, 5) is 0. The van der Waals surface area contributed by atoms with Crippen molar-refractivity contribution in [2.75, 3.05) is 0 Å². The predicted octanol–water partition coefficient (Wildman–Crippen LogP) is 4.44. The first-order chi connectivity index (χ1) is 8.49. The fraction of sp³-hybridized carbons (Fsp3) is 0.143. The van der Waals surface area contributed by atoms with Gasteiger partial charge in [-0.1, -0.05) is 29.8 Å². The summed E-state index contributed by atoms with van der Waals surface area (Å²) in [7, 11) is 0. The molecule has 0 aliphatic carbocycles. The molecule has 94 valence electrons. The van der Waals surface area contributed by atoms with Crippen LogP contribution in [0.25, 0.3) is 0 Å². The molecule has 0 spiro atoms. The molecule has 0 amide bonds. The molecular formula is C14H12ClFIN. The van der Waals surface area contributed by atoms with Gasteiger partial charge in [-0.05, 0) is 64.4 Å². The van der Waals surface area contributed by atoms with E-state index in [1.807, 2.05) is 24.3 Å². The molecule has 2 N–H and O–H groups in total. The van der Waals surface area contributed by atoms with Crippen LogP contribution >= 0.6 is 34.2 Å². The van der Waals surface area contributed by atoms with Crippen molar-refractivity contribution in [1.29, 1.82) is 0 Å². The number of rotatable bonds is 2. The molecule has 0 aromatic heterocycles. The molecule has 2 aromatic rings. The highest BCUT2D eigenvalue weighted by molar-refractivity contribution is 14.1. The minimum absolute atomic E-state index is 0.237. The molecule has 1 nitrogen and oxygen atoms in total. The third kappa shape index (κ3) is 2.84. The number of hydrogen-bond acceptors (Lipinski definition) is 1. The van der Waals surface area contributed by atoms with Crippen molar-refractivity contribution in [1.82, 2.24) is 0 Å². The lowest BCUT2D eigenvalue weighted by molar-refractivity contribution is 0.614. The second-order valence-corrected chi connectivity index (χ2v) is 5.73. The second kappa shape index (κ2) is 5.55. The van der Waals surface area contributed by atoms with Crippen molar-refractivity contribution in [2.24, 2.45) is 5.73 Å². The molecule has 2 rings (SSSR count). The van der Waals surface area contributed by atoms with E-state index in [4.69, 9.17) is 17.3 Å². The van der Waals surface area contributed by atoms with Gasteiger partial charge in [0.1, 0.15) is 5.82 Å². The molecule has 1 unspecified atom stereocenters. The van der Waals surface area contributed by atoms with Gasteiger partial charge >= 0.3 is 0 Å². The molecule has 0 bridgehead atoms. The van der Waals surface area contributed by atoms with E-state index in [1.165, 1.54) is 6.07 Å². The first-order valence-electron chi connectivity index (χ1n) is 5.45. The van der Waals surface area contributed by atoms with Crippen molar-refractivity contribution >= 4 is 34.2 Å². The van der Waals surface area contributed by atoms with Gasteiger partial charge in [-0.2, -0.15) is 0 Å². The quantitative estimate of drug-likeness (QED) is 0.772. The molecule has 0 aliphatic rings. The van der Waals surface area contributed by atoms with Crippen LogP contribution in [0.1, 0.15) is 22.7 Å². The molecule has 18 heavy (non-hydrogen) atoms. The molecule has 2 aromatic carbocycles. The van der Waals surface area contributed by atoms with Gasteiger partial charge in [0.15, 0.2) is 0 Å². The van der Waals surface area contributed by atoms with Crippen molar-refractivity contribution in [3.05, 3.63) is 67.5 Å². The lowest BCUT2D eigenvalue weighted by Gasteiger charge is -2.14. The van der Waals surface area contributed by atoms with E-state index in [2.05, 4.69) is 22.6 Å². The Balaban J connectivity index is 2.37. The summed E-state index contributed by atoms with van der Waals surface area (Å²) in [5.41, 5.74) is 8.37. The fourth-order valence-corrected chi connectivity index (χ4v) is 2.23. The zero-order valence-electron chi connectivity index (χ0n) is 9.75. The van der Waals surface area contributed by atoms with Crippen molar-refractivity contribution in [3.63, 3.8) is 0 Å². The summed E-state index contributed by atoms with van der Waals surface area (Å²) in [6, 6.07) is 10.3. The molecule has 0 fully saturated rings. The Morgan fingerprint density at radius 2 is 1.78 bits per heavy atom. The minimum atomic E-state index is -0.366. The molecule has 0 saturated heterocycles.